The first-order chi connectivity index (χ1) is 9.60. The highest BCUT2D eigenvalue weighted by molar-refractivity contribution is 9.08. The second kappa shape index (κ2) is 7.20. The molecule has 1 heterocycles. The van der Waals surface area contributed by atoms with Crippen LogP contribution < -0.4 is 5.32 Å². The van der Waals surface area contributed by atoms with E-state index in [1.807, 2.05) is 24.3 Å². The van der Waals surface area contributed by atoms with Crippen molar-refractivity contribution in [1.82, 2.24) is 15.1 Å². The number of carbonyl (C=O) groups is 1. The molecule has 2 rings (SSSR count). The number of alkyl halides is 1. The average molecular weight is 340 g/mol. The number of carbonyl (C=O) groups excluding carboxylic acids is 1. The summed E-state index contributed by atoms with van der Waals surface area (Å²) < 4.78 is 0. The fourth-order valence-corrected chi connectivity index (χ4v) is 2.75. The molecule has 110 valence electrons. The Bertz CT molecular complexity index is 449. The lowest BCUT2D eigenvalue weighted by Crippen LogP contribution is -2.54. The van der Waals surface area contributed by atoms with Gasteiger partial charge in [-0.2, -0.15) is 0 Å². The van der Waals surface area contributed by atoms with Crippen LogP contribution in [-0.2, 0) is 5.33 Å². The van der Waals surface area contributed by atoms with E-state index in [9.17, 15) is 4.79 Å². The zero-order valence-corrected chi connectivity index (χ0v) is 13.7. The van der Waals surface area contributed by atoms with E-state index in [-0.39, 0.29) is 5.91 Å². The fourth-order valence-electron chi connectivity index (χ4n) is 2.38. The van der Waals surface area contributed by atoms with Gasteiger partial charge in [0.1, 0.15) is 0 Å². The van der Waals surface area contributed by atoms with Gasteiger partial charge in [0.15, 0.2) is 0 Å². The van der Waals surface area contributed by atoms with Crippen LogP contribution in [0.2, 0.25) is 0 Å². The van der Waals surface area contributed by atoms with Crippen molar-refractivity contribution >= 4 is 21.8 Å². The molecule has 4 nitrogen and oxygen atoms in total. The van der Waals surface area contributed by atoms with Gasteiger partial charge in [-0.25, -0.2) is 0 Å². The minimum Gasteiger partial charge on any atom is -0.350 e. The molecule has 0 bridgehead atoms. The summed E-state index contributed by atoms with van der Waals surface area (Å²) in [6, 6.07) is 8.10. The number of likely N-dealkylation sites (N-methyl/N-ethyl adjacent to an activating group) is 2. The number of benzene rings is 1. The van der Waals surface area contributed by atoms with Crippen molar-refractivity contribution in [3.05, 3.63) is 35.4 Å². The van der Waals surface area contributed by atoms with Gasteiger partial charge in [0.05, 0.1) is 0 Å². The van der Waals surface area contributed by atoms with E-state index >= 15 is 0 Å². The Labute approximate surface area is 129 Å². The normalized spacial score (nSPS) is 20.9. The molecule has 1 atom stereocenters. The highest BCUT2D eigenvalue weighted by atomic mass is 79.9. The Morgan fingerprint density at radius 3 is 2.65 bits per heavy atom. The Balaban J connectivity index is 1.87. The zero-order chi connectivity index (χ0) is 14.5. The van der Waals surface area contributed by atoms with Gasteiger partial charge < -0.3 is 10.2 Å². The van der Waals surface area contributed by atoms with E-state index in [2.05, 4.69) is 45.1 Å². The van der Waals surface area contributed by atoms with Crippen LogP contribution in [0.5, 0.6) is 0 Å². The minimum absolute atomic E-state index is 0.00717. The van der Waals surface area contributed by atoms with Gasteiger partial charge in [-0.1, -0.05) is 28.1 Å². The summed E-state index contributed by atoms with van der Waals surface area (Å²) in [6.45, 7) is 3.84. The molecule has 1 unspecified atom stereocenters. The summed E-state index contributed by atoms with van der Waals surface area (Å²) in [4.78, 5) is 16.7. The molecule has 5 heteroatoms. The fraction of sp³-hybridized carbons (Fsp3) is 0.533. The number of amides is 1. The maximum absolute atomic E-state index is 12.1. The molecule has 0 radical (unpaired) electrons. The molecule has 1 aliphatic heterocycles. The van der Waals surface area contributed by atoms with Crippen LogP contribution in [0.3, 0.4) is 0 Å². The Morgan fingerprint density at radius 2 is 2.00 bits per heavy atom. The molecule has 1 aliphatic rings. The first-order valence-corrected chi connectivity index (χ1v) is 8.04. The number of piperazine rings is 1. The third-order valence-corrected chi connectivity index (χ3v) is 4.50. The second-order valence-electron chi connectivity index (χ2n) is 5.44. The second-order valence-corrected chi connectivity index (χ2v) is 6.00. The molecule has 1 aromatic rings. The lowest BCUT2D eigenvalue weighted by Gasteiger charge is -2.37. The van der Waals surface area contributed by atoms with Crippen LogP contribution in [0, 0.1) is 0 Å². The first kappa shape index (κ1) is 15.5. The summed E-state index contributed by atoms with van der Waals surface area (Å²) in [5, 5.41) is 3.85. The summed E-state index contributed by atoms with van der Waals surface area (Å²) in [7, 11) is 4.25. The summed E-state index contributed by atoms with van der Waals surface area (Å²) in [6.07, 6.45) is 0. The summed E-state index contributed by atoms with van der Waals surface area (Å²) in [5.41, 5.74) is 1.90. The number of hydrogen-bond donors (Lipinski definition) is 1. The monoisotopic (exact) mass is 339 g/mol. The molecule has 1 fully saturated rings. The molecule has 1 saturated heterocycles. The third kappa shape index (κ3) is 4.04. The van der Waals surface area contributed by atoms with Crippen molar-refractivity contribution in [2.45, 2.75) is 11.4 Å². The van der Waals surface area contributed by atoms with Crippen LogP contribution in [-0.4, -0.2) is 62.0 Å². The molecule has 1 amide bonds. The first-order valence-electron chi connectivity index (χ1n) is 6.92. The van der Waals surface area contributed by atoms with E-state index in [1.54, 1.807) is 0 Å². The lowest BCUT2D eigenvalue weighted by atomic mass is 10.1. The summed E-state index contributed by atoms with van der Waals surface area (Å²) in [5.74, 6) is 0.00717. The molecule has 20 heavy (non-hydrogen) atoms. The third-order valence-electron chi connectivity index (χ3n) is 3.85. The number of halogens is 1. The molecule has 0 spiro atoms. The zero-order valence-electron chi connectivity index (χ0n) is 12.1. The van der Waals surface area contributed by atoms with Crippen molar-refractivity contribution in [3.63, 3.8) is 0 Å². The van der Waals surface area contributed by atoms with E-state index < -0.39 is 0 Å². The molecule has 0 aliphatic carbocycles. The van der Waals surface area contributed by atoms with Crippen LogP contribution in [0.1, 0.15) is 15.9 Å². The number of rotatable bonds is 4. The lowest BCUT2D eigenvalue weighted by molar-refractivity contribution is 0.0881. The van der Waals surface area contributed by atoms with Crippen molar-refractivity contribution in [2.75, 3.05) is 40.3 Å². The molecular weight excluding hydrogens is 318 g/mol. The van der Waals surface area contributed by atoms with Crippen molar-refractivity contribution in [2.24, 2.45) is 0 Å². The average Bonchev–Trinajstić information content (AvgIpc) is 2.48. The van der Waals surface area contributed by atoms with Gasteiger partial charge in [0.2, 0.25) is 0 Å². The van der Waals surface area contributed by atoms with Gasteiger partial charge in [0, 0.05) is 43.1 Å². The molecular formula is C15H22BrN3O. The van der Waals surface area contributed by atoms with Crippen LogP contribution in [0.15, 0.2) is 24.3 Å². The standard InChI is InChI=1S/C15H22BrN3O/c1-18-7-8-19(2)14(11-18)10-17-15(20)13-5-3-12(9-16)4-6-13/h3-6,14H,7-11H2,1-2H3,(H,17,20). The highest BCUT2D eigenvalue weighted by Gasteiger charge is 2.22. The number of nitrogens with zero attached hydrogens (tertiary/aromatic N) is 2. The predicted molar refractivity (Wildman–Crippen MR) is 85.3 cm³/mol. The van der Waals surface area contributed by atoms with E-state index in [0.717, 1.165) is 30.5 Å². The van der Waals surface area contributed by atoms with E-state index in [0.29, 0.717) is 12.6 Å². The summed E-state index contributed by atoms with van der Waals surface area (Å²) >= 11 is 3.40. The number of hydrogen-bond acceptors (Lipinski definition) is 3. The van der Waals surface area contributed by atoms with Gasteiger partial charge >= 0.3 is 0 Å². The predicted octanol–water partition coefficient (Wildman–Crippen LogP) is 1.56. The van der Waals surface area contributed by atoms with Crippen LogP contribution in [0.25, 0.3) is 0 Å². The maximum Gasteiger partial charge on any atom is 0.251 e. The highest BCUT2D eigenvalue weighted by Crippen LogP contribution is 2.09. The van der Waals surface area contributed by atoms with E-state index in [4.69, 9.17) is 0 Å². The Morgan fingerprint density at radius 1 is 1.30 bits per heavy atom. The van der Waals surface area contributed by atoms with E-state index in [1.165, 1.54) is 5.56 Å². The molecule has 0 saturated carbocycles. The SMILES string of the molecule is CN1CCN(C)C(CNC(=O)c2ccc(CBr)cc2)C1. The molecule has 0 aromatic heterocycles. The van der Waals surface area contributed by atoms with Crippen molar-refractivity contribution in [3.8, 4) is 0 Å². The smallest absolute Gasteiger partial charge is 0.251 e. The molecule has 1 aromatic carbocycles. The maximum atomic E-state index is 12.1. The molecule has 1 N–H and O–H groups in total. The topological polar surface area (TPSA) is 35.6 Å². The quantitative estimate of drug-likeness (QED) is 0.845. The van der Waals surface area contributed by atoms with Gasteiger partial charge in [0.25, 0.3) is 5.91 Å². The van der Waals surface area contributed by atoms with Gasteiger partial charge in [-0.05, 0) is 31.8 Å². The van der Waals surface area contributed by atoms with Crippen molar-refractivity contribution in [1.29, 1.82) is 0 Å². The minimum atomic E-state index is 0.00717. The van der Waals surface area contributed by atoms with Gasteiger partial charge in [-0.15, -0.1) is 0 Å². The Kier molecular flexibility index (Phi) is 5.57. The van der Waals surface area contributed by atoms with Crippen LogP contribution in [0.4, 0.5) is 0 Å². The van der Waals surface area contributed by atoms with Gasteiger partial charge in [-0.3, -0.25) is 9.69 Å². The largest absolute Gasteiger partial charge is 0.350 e. The van der Waals surface area contributed by atoms with Crippen LogP contribution >= 0.6 is 15.9 Å². The number of nitrogens with one attached hydrogen (secondary N) is 1. The Hall–Kier alpha value is -0.910. The van der Waals surface area contributed by atoms with Crippen molar-refractivity contribution < 1.29 is 4.79 Å².